The van der Waals surface area contributed by atoms with Gasteiger partial charge < -0.3 is 4.90 Å². The second-order valence-corrected chi connectivity index (χ2v) is 16.5. The molecule has 11 rings (SSSR count). The molecular formula is C62H45N. The molecular weight excluding hydrogens is 759 g/mol. The minimum atomic E-state index is 1.09. The summed E-state index contributed by atoms with van der Waals surface area (Å²) in [6.07, 6.45) is 6.79. The first-order valence-corrected chi connectivity index (χ1v) is 22.0. The summed E-state index contributed by atoms with van der Waals surface area (Å²) in [5.74, 6) is 0. The molecule has 0 aliphatic heterocycles. The van der Waals surface area contributed by atoms with Crippen LogP contribution in [0.1, 0.15) is 17.5 Å². The number of aryl methyl sites for hydroxylation is 1. The molecule has 0 heterocycles. The van der Waals surface area contributed by atoms with Gasteiger partial charge in [-0.15, -0.1) is 0 Å². The largest absolute Gasteiger partial charge is 0.311 e. The predicted octanol–water partition coefficient (Wildman–Crippen LogP) is 17.3. The maximum atomic E-state index is 2.37. The number of benzene rings is 10. The van der Waals surface area contributed by atoms with Crippen LogP contribution in [0, 0.1) is 0 Å². The van der Waals surface area contributed by atoms with Crippen LogP contribution in [0.2, 0.25) is 0 Å². The Kier molecular flexibility index (Phi) is 10.1. The van der Waals surface area contributed by atoms with E-state index >= 15 is 0 Å². The third-order valence-electron chi connectivity index (χ3n) is 12.5. The van der Waals surface area contributed by atoms with Crippen LogP contribution in [-0.2, 0) is 6.42 Å². The van der Waals surface area contributed by atoms with Crippen LogP contribution in [0.3, 0.4) is 0 Å². The lowest BCUT2D eigenvalue weighted by Crippen LogP contribution is -2.09. The second-order valence-electron chi connectivity index (χ2n) is 16.5. The Morgan fingerprint density at radius 2 is 0.746 bits per heavy atom. The summed E-state index contributed by atoms with van der Waals surface area (Å²) in [5, 5.41) is 2.50. The van der Waals surface area contributed by atoms with Crippen molar-refractivity contribution in [3.05, 3.63) is 254 Å². The minimum Gasteiger partial charge on any atom is -0.311 e. The number of fused-ring (bicyclic) bond motifs is 2. The van der Waals surface area contributed by atoms with E-state index in [2.05, 4.69) is 254 Å². The third-order valence-corrected chi connectivity index (χ3v) is 12.5. The van der Waals surface area contributed by atoms with Crippen LogP contribution in [0.15, 0.2) is 243 Å². The molecule has 0 spiro atoms. The van der Waals surface area contributed by atoms with Crippen molar-refractivity contribution in [2.45, 2.75) is 12.8 Å². The van der Waals surface area contributed by atoms with Gasteiger partial charge in [0.15, 0.2) is 0 Å². The molecule has 63 heavy (non-hydrogen) atoms. The van der Waals surface area contributed by atoms with Crippen LogP contribution < -0.4 is 4.90 Å². The van der Waals surface area contributed by atoms with Gasteiger partial charge in [-0.05, 0) is 162 Å². The highest BCUT2D eigenvalue weighted by molar-refractivity contribution is 5.90. The van der Waals surface area contributed by atoms with Crippen LogP contribution in [0.5, 0.6) is 0 Å². The zero-order valence-corrected chi connectivity index (χ0v) is 35.0. The Bertz CT molecular complexity index is 3230. The Balaban J connectivity index is 0.965. The van der Waals surface area contributed by atoms with E-state index in [9.17, 15) is 0 Å². The van der Waals surface area contributed by atoms with Gasteiger partial charge in [0.05, 0.1) is 0 Å². The van der Waals surface area contributed by atoms with Gasteiger partial charge in [0, 0.05) is 17.1 Å². The highest BCUT2D eigenvalue weighted by Gasteiger charge is 2.16. The number of anilines is 3. The smallest absolute Gasteiger partial charge is 0.0462 e. The van der Waals surface area contributed by atoms with Crippen molar-refractivity contribution in [3.8, 4) is 66.8 Å². The highest BCUT2D eigenvalue weighted by atomic mass is 15.1. The maximum absolute atomic E-state index is 2.37. The number of hydrogen-bond donors (Lipinski definition) is 0. The van der Waals surface area contributed by atoms with Crippen molar-refractivity contribution in [2.75, 3.05) is 4.90 Å². The number of hydrogen-bond acceptors (Lipinski definition) is 1. The van der Waals surface area contributed by atoms with E-state index in [4.69, 9.17) is 0 Å². The topological polar surface area (TPSA) is 3.24 Å². The summed E-state index contributed by atoms with van der Waals surface area (Å²) in [7, 11) is 0. The van der Waals surface area contributed by atoms with Crippen molar-refractivity contribution < 1.29 is 0 Å². The summed E-state index contributed by atoms with van der Waals surface area (Å²) in [6, 6.07) is 86.5. The summed E-state index contributed by atoms with van der Waals surface area (Å²) in [5.41, 5.74) is 20.5. The molecule has 298 valence electrons. The third kappa shape index (κ3) is 7.78. The van der Waals surface area contributed by atoms with E-state index in [0.717, 1.165) is 29.9 Å². The van der Waals surface area contributed by atoms with Crippen molar-refractivity contribution in [3.63, 3.8) is 0 Å². The van der Waals surface area contributed by atoms with Crippen LogP contribution >= 0.6 is 0 Å². The first-order chi connectivity index (χ1) is 31.2. The van der Waals surface area contributed by atoms with E-state index in [-0.39, 0.29) is 0 Å². The highest BCUT2D eigenvalue weighted by Crippen LogP contribution is 2.41. The summed E-state index contributed by atoms with van der Waals surface area (Å²) >= 11 is 0. The molecule has 1 aliphatic carbocycles. The molecule has 0 saturated carbocycles. The zero-order valence-electron chi connectivity index (χ0n) is 35.0. The molecule has 0 atom stereocenters. The monoisotopic (exact) mass is 803 g/mol. The molecule has 0 fully saturated rings. The molecule has 0 amide bonds. The first-order valence-electron chi connectivity index (χ1n) is 22.0. The van der Waals surface area contributed by atoms with Gasteiger partial charge in [-0.25, -0.2) is 0 Å². The molecule has 0 bridgehead atoms. The summed E-state index contributed by atoms with van der Waals surface area (Å²) < 4.78 is 0. The van der Waals surface area contributed by atoms with Crippen LogP contribution in [0.4, 0.5) is 17.1 Å². The summed E-state index contributed by atoms with van der Waals surface area (Å²) in [4.78, 5) is 2.37. The van der Waals surface area contributed by atoms with Gasteiger partial charge in [-0.3, -0.25) is 0 Å². The standard InChI is InChI=1S/C62H45N/c1-3-12-44(13-4-1)57-32-39-61(49-16-5-2-6-17-49)62(43-57)50-30-37-60(38-31-50)63(59-35-28-48(29-36-59)55-24-22-45-14-7-9-18-51(45)41-55)58-33-26-47(27-34-58)53-20-11-21-54(40-53)56-25-23-46-15-8-10-19-52(46)42-56/h1-7,9-14,16-43H,8,15H2. The molecule has 1 aliphatic rings. The lowest BCUT2D eigenvalue weighted by Gasteiger charge is -2.26. The normalized spacial score (nSPS) is 11.9. The SMILES string of the molecule is C1=Cc2cc(-c3cccc(-c4ccc(N(c5ccc(-c6ccc7ccccc7c6)cc5)c5ccc(-c6cc(-c7ccccc7)ccc6-c6ccccc6)cc5)cc4)c3)ccc2CC1. The van der Waals surface area contributed by atoms with E-state index in [1.165, 1.54) is 88.7 Å². The van der Waals surface area contributed by atoms with Gasteiger partial charge in [-0.2, -0.15) is 0 Å². The Morgan fingerprint density at radius 1 is 0.286 bits per heavy atom. The van der Waals surface area contributed by atoms with Gasteiger partial charge in [0.2, 0.25) is 0 Å². The Labute approximate surface area is 370 Å². The number of allylic oxidation sites excluding steroid dienone is 1. The van der Waals surface area contributed by atoms with E-state index in [0.29, 0.717) is 0 Å². The fourth-order valence-electron chi connectivity index (χ4n) is 9.16. The van der Waals surface area contributed by atoms with Gasteiger partial charge in [0.25, 0.3) is 0 Å². The van der Waals surface area contributed by atoms with E-state index < -0.39 is 0 Å². The van der Waals surface area contributed by atoms with E-state index in [1.54, 1.807) is 0 Å². The molecule has 1 heteroatoms. The van der Waals surface area contributed by atoms with Gasteiger partial charge in [0.1, 0.15) is 0 Å². The summed E-state index contributed by atoms with van der Waals surface area (Å²) in [6.45, 7) is 0. The molecule has 0 N–H and O–H groups in total. The average molecular weight is 804 g/mol. The zero-order chi connectivity index (χ0) is 42.0. The number of nitrogens with zero attached hydrogens (tertiary/aromatic N) is 1. The van der Waals surface area contributed by atoms with Gasteiger partial charge >= 0.3 is 0 Å². The predicted molar refractivity (Wildman–Crippen MR) is 269 cm³/mol. The second kappa shape index (κ2) is 16.8. The van der Waals surface area contributed by atoms with Crippen LogP contribution in [0.25, 0.3) is 83.6 Å². The maximum Gasteiger partial charge on any atom is 0.0462 e. The minimum absolute atomic E-state index is 1.09. The Morgan fingerprint density at radius 3 is 1.43 bits per heavy atom. The van der Waals surface area contributed by atoms with Crippen molar-refractivity contribution >= 4 is 33.9 Å². The molecule has 0 aromatic heterocycles. The van der Waals surface area contributed by atoms with Gasteiger partial charge in [-0.1, -0.05) is 188 Å². The Hall–Kier alpha value is -8.00. The lowest BCUT2D eigenvalue weighted by molar-refractivity contribution is 0.986. The lowest BCUT2D eigenvalue weighted by atomic mass is 9.91. The van der Waals surface area contributed by atoms with E-state index in [1.807, 2.05) is 0 Å². The molecule has 1 nitrogen and oxygen atoms in total. The molecule has 0 saturated heterocycles. The molecule has 10 aromatic rings. The molecule has 10 aromatic carbocycles. The fourth-order valence-corrected chi connectivity index (χ4v) is 9.16. The van der Waals surface area contributed by atoms with Crippen LogP contribution in [-0.4, -0.2) is 0 Å². The quantitative estimate of drug-likeness (QED) is 0.140. The van der Waals surface area contributed by atoms with Crippen molar-refractivity contribution in [1.82, 2.24) is 0 Å². The van der Waals surface area contributed by atoms with Crippen molar-refractivity contribution in [2.24, 2.45) is 0 Å². The fraction of sp³-hybridized carbons (Fsp3) is 0.0323. The molecule has 0 unspecified atom stereocenters. The number of rotatable bonds is 9. The first kappa shape index (κ1) is 38.0. The molecule has 0 radical (unpaired) electrons. The average Bonchev–Trinajstić information content (AvgIpc) is 3.37. The van der Waals surface area contributed by atoms with Crippen molar-refractivity contribution in [1.29, 1.82) is 0 Å².